The molecule has 0 radical (unpaired) electrons. The maximum atomic E-state index is 14.4. The van der Waals surface area contributed by atoms with Crippen molar-refractivity contribution in [2.45, 2.75) is 18.8 Å². The molecule has 4 heterocycles. The molecule has 1 amide bonds. The quantitative estimate of drug-likeness (QED) is 0.351. The van der Waals surface area contributed by atoms with Gasteiger partial charge in [-0.3, -0.25) is 4.79 Å². The molecule has 0 bridgehead atoms. The molecular weight excluding hydrogens is 489 g/mol. The molecule has 2 aromatic carbocycles. The van der Waals surface area contributed by atoms with Crippen molar-refractivity contribution in [2.75, 3.05) is 37.1 Å². The number of hydrogen-bond acceptors (Lipinski definition) is 7. The number of benzene rings is 2. The Kier molecular flexibility index (Phi) is 6.65. The summed E-state index contributed by atoms with van der Waals surface area (Å²) in [7, 11) is 1.92. The lowest BCUT2D eigenvalue weighted by Gasteiger charge is -2.13. The van der Waals surface area contributed by atoms with E-state index in [4.69, 9.17) is 19.2 Å². The lowest BCUT2D eigenvalue weighted by Crippen LogP contribution is -2.23. The van der Waals surface area contributed by atoms with E-state index in [1.54, 1.807) is 24.4 Å². The Hall–Kier alpha value is -4.02. The molecule has 0 spiro atoms. The predicted octanol–water partition coefficient (Wildman–Crippen LogP) is 5.12. The third-order valence-corrected chi connectivity index (χ3v) is 6.99. The molecular formula is C28H28FN5O4. The zero-order valence-corrected chi connectivity index (χ0v) is 20.9. The predicted molar refractivity (Wildman–Crippen MR) is 140 cm³/mol. The summed E-state index contributed by atoms with van der Waals surface area (Å²) in [5.74, 6) is 1.78. The molecule has 196 valence electrons. The summed E-state index contributed by atoms with van der Waals surface area (Å²) in [4.78, 5) is 21.3. The Labute approximate surface area is 218 Å². The van der Waals surface area contributed by atoms with E-state index in [1.165, 1.54) is 6.07 Å². The Bertz CT molecular complexity index is 1480. The summed E-state index contributed by atoms with van der Waals surface area (Å²) in [5, 5.41) is 6.15. The van der Waals surface area contributed by atoms with Gasteiger partial charge in [-0.1, -0.05) is 0 Å². The molecule has 2 N–H and O–H groups in total. The van der Waals surface area contributed by atoms with Gasteiger partial charge >= 0.3 is 0 Å². The molecule has 2 saturated heterocycles. The fraction of sp³-hybridized carbons (Fsp3) is 0.321. The van der Waals surface area contributed by atoms with E-state index in [0.29, 0.717) is 61.7 Å². The molecule has 2 aliphatic heterocycles. The summed E-state index contributed by atoms with van der Waals surface area (Å²) >= 11 is 0. The number of carbonyl (C=O) groups excluding carboxylic acids is 1. The SMILES string of the molecule is Cn1c(Nc2ccc(F)c(C3CCOC3)c2)nc2cc(Oc3ccnc(NC(=O)C4CCOC4)c3)ccc21. The number of aryl methyl sites for hydroxylation is 1. The van der Waals surface area contributed by atoms with Crippen LogP contribution in [0.25, 0.3) is 11.0 Å². The van der Waals surface area contributed by atoms with Crippen LogP contribution in [0.3, 0.4) is 0 Å². The second kappa shape index (κ2) is 10.4. The number of fused-ring (bicyclic) bond motifs is 1. The molecule has 6 rings (SSSR count). The lowest BCUT2D eigenvalue weighted by molar-refractivity contribution is -0.119. The maximum absolute atomic E-state index is 14.4. The molecule has 2 atom stereocenters. The highest BCUT2D eigenvalue weighted by molar-refractivity contribution is 5.92. The molecule has 38 heavy (non-hydrogen) atoms. The largest absolute Gasteiger partial charge is 0.457 e. The van der Waals surface area contributed by atoms with Gasteiger partial charge in [0, 0.05) is 50.2 Å². The van der Waals surface area contributed by atoms with E-state index in [0.717, 1.165) is 23.1 Å². The van der Waals surface area contributed by atoms with Gasteiger partial charge in [0.1, 0.15) is 23.1 Å². The second-order valence-electron chi connectivity index (χ2n) is 9.60. The first-order valence-electron chi connectivity index (χ1n) is 12.7. The van der Waals surface area contributed by atoms with Crippen LogP contribution in [0, 0.1) is 11.7 Å². The number of nitrogens with zero attached hydrogens (tertiary/aromatic N) is 3. The monoisotopic (exact) mass is 517 g/mol. The van der Waals surface area contributed by atoms with Crippen LogP contribution in [0.5, 0.6) is 11.5 Å². The van der Waals surface area contributed by atoms with Gasteiger partial charge in [-0.25, -0.2) is 14.4 Å². The van der Waals surface area contributed by atoms with E-state index in [9.17, 15) is 9.18 Å². The number of anilines is 3. The van der Waals surface area contributed by atoms with Crippen molar-refractivity contribution in [1.82, 2.24) is 14.5 Å². The Balaban J connectivity index is 1.18. The van der Waals surface area contributed by atoms with Crippen LogP contribution < -0.4 is 15.4 Å². The third-order valence-electron chi connectivity index (χ3n) is 6.99. The average Bonchev–Trinajstić information content (AvgIpc) is 3.68. The highest BCUT2D eigenvalue weighted by atomic mass is 19.1. The first kappa shape index (κ1) is 24.3. The number of amides is 1. The number of ether oxygens (including phenoxy) is 3. The Morgan fingerprint density at radius 1 is 1.05 bits per heavy atom. The van der Waals surface area contributed by atoms with Gasteiger partial charge in [-0.2, -0.15) is 0 Å². The summed E-state index contributed by atoms with van der Waals surface area (Å²) in [6.07, 6.45) is 3.11. The fourth-order valence-corrected chi connectivity index (χ4v) is 4.85. The van der Waals surface area contributed by atoms with E-state index in [-0.39, 0.29) is 23.6 Å². The minimum Gasteiger partial charge on any atom is -0.457 e. The highest BCUT2D eigenvalue weighted by Gasteiger charge is 2.24. The van der Waals surface area contributed by atoms with Crippen molar-refractivity contribution in [3.8, 4) is 11.5 Å². The van der Waals surface area contributed by atoms with Crippen LogP contribution in [0.15, 0.2) is 54.7 Å². The van der Waals surface area contributed by atoms with E-state index in [2.05, 4.69) is 15.6 Å². The van der Waals surface area contributed by atoms with Gasteiger partial charge < -0.3 is 29.4 Å². The first-order valence-corrected chi connectivity index (χ1v) is 12.7. The molecule has 2 fully saturated rings. The van der Waals surface area contributed by atoms with Crippen LogP contribution in [-0.4, -0.2) is 46.9 Å². The Morgan fingerprint density at radius 3 is 2.71 bits per heavy atom. The Morgan fingerprint density at radius 2 is 1.89 bits per heavy atom. The summed E-state index contributed by atoms with van der Waals surface area (Å²) < 4.78 is 33.2. The van der Waals surface area contributed by atoms with E-state index < -0.39 is 0 Å². The maximum Gasteiger partial charge on any atom is 0.231 e. The number of hydrogen-bond donors (Lipinski definition) is 2. The van der Waals surface area contributed by atoms with Crippen molar-refractivity contribution in [1.29, 1.82) is 0 Å². The number of pyridine rings is 1. The van der Waals surface area contributed by atoms with E-state index >= 15 is 0 Å². The standard InChI is InChI=1S/C28H28FN5O4/c1-34-25-5-3-20(38-21-6-9-30-26(14-21)33-27(35)18-8-11-37-16-18)13-24(25)32-28(34)31-19-2-4-23(29)22(12-19)17-7-10-36-15-17/h2-6,9,12-14,17-18H,7-8,10-11,15-16H2,1H3,(H,31,32)(H,30,33,35). The van der Waals surface area contributed by atoms with Crippen LogP contribution in [0.2, 0.25) is 0 Å². The molecule has 4 aromatic rings. The van der Waals surface area contributed by atoms with Gasteiger partial charge in [0.15, 0.2) is 0 Å². The minimum absolute atomic E-state index is 0.0654. The molecule has 2 aromatic heterocycles. The minimum atomic E-state index is -0.218. The van der Waals surface area contributed by atoms with Crippen LogP contribution in [0.1, 0.15) is 24.3 Å². The van der Waals surface area contributed by atoms with Crippen molar-refractivity contribution in [3.05, 3.63) is 66.1 Å². The zero-order chi connectivity index (χ0) is 26.1. The molecule has 2 unspecified atom stereocenters. The molecule has 0 saturated carbocycles. The zero-order valence-electron chi connectivity index (χ0n) is 20.9. The summed E-state index contributed by atoms with van der Waals surface area (Å²) in [6, 6.07) is 14.1. The van der Waals surface area contributed by atoms with Crippen molar-refractivity contribution in [3.63, 3.8) is 0 Å². The van der Waals surface area contributed by atoms with Gasteiger partial charge in [-0.05, 0) is 54.8 Å². The van der Waals surface area contributed by atoms with Gasteiger partial charge in [0.05, 0.1) is 30.2 Å². The summed E-state index contributed by atoms with van der Waals surface area (Å²) in [6.45, 7) is 2.22. The fourth-order valence-electron chi connectivity index (χ4n) is 4.85. The first-order chi connectivity index (χ1) is 18.5. The van der Waals surface area contributed by atoms with Crippen LogP contribution >= 0.6 is 0 Å². The molecule has 10 heteroatoms. The molecule has 0 aliphatic carbocycles. The lowest BCUT2D eigenvalue weighted by atomic mass is 9.97. The topological polar surface area (TPSA) is 99.5 Å². The number of nitrogens with one attached hydrogen (secondary N) is 2. The third kappa shape index (κ3) is 5.05. The number of aromatic nitrogens is 3. The van der Waals surface area contributed by atoms with Crippen molar-refractivity contribution < 1.29 is 23.4 Å². The second-order valence-corrected chi connectivity index (χ2v) is 9.60. The normalized spacial score (nSPS) is 19.1. The van der Waals surface area contributed by atoms with Crippen LogP contribution in [0.4, 0.5) is 21.8 Å². The van der Waals surface area contributed by atoms with E-state index in [1.807, 2.05) is 35.9 Å². The average molecular weight is 518 g/mol. The smallest absolute Gasteiger partial charge is 0.231 e. The number of rotatable bonds is 7. The summed E-state index contributed by atoms with van der Waals surface area (Å²) in [5.41, 5.74) is 3.07. The number of carbonyl (C=O) groups is 1. The number of imidazole rings is 1. The van der Waals surface area contributed by atoms with Gasteiger partial charge in [0.25, 0.3) is 0 Å². The number of halogens is 1. The van der Waals surface area contributed by atoms with Crippen LogP contribution in [-0.2, 0) is 21.3 Å². The van der Waals surface area contributed by atoms with Crippen molar-refractivity contribution in [2.24, 2.45) is 13.0 Å². The molecule has 2 aliphatic rings. The van der Waals surface area contributed by atoms with Gasteiger partial charge in [0.2, 0.25) is 11.9 Å². The highest BCUT2D eigenvalue weighted by Crippen LogP contribution is 2.32. The van der Waals surface area contributed by atoms with Crippen molar-refractivity contribution >= 4 is 34.4 Å². The van der Waals surface area contributed by atoms with Gasteiger partial charge in [-0.15, -0.1) is 0 Å². The molecule has 9 nitrogen and oxygen atoms in total.